The standard InChI is InChI=1S/C16H22N4O/c1-4-7-13-8-5-6-9-14(13)19-16(21)20(3)11-15-17-10-12(2)18-15/h5-6,8-10H,4,7,11H2,1-3H3,(H,17,18)(H,19,21). The smallest absolute Gasteiger partial charge is 0.321 e. The average molecular weight is 286 g/mol. The summed E-state index contributed by atoms with van der Waals surface area (Å²) in [7, 11) is 1.76. The van der Waals surface area contributed by atoms with Crippen LogP contribution in [0.5, 0.6) is 0 Å². The third-order valence-corrected chi connectivity index (χ3v) is 3.27. The fraction of sp³-hybridized carbons (Fsp3) is 0.375. The minimum absolute atomic E-state index is 0.132. The number of nitrogens with one attached hydrogen (secondary N) is 2. The van der Waals surface area contributed by atoms with E-state index in [1.54, 1.807) is 18.1 Å². The van der Waals surface area contributed by atoms with E-state index in [1.807, 2.05) is 25.1 Å². The average Bonchev–Trinajstić information content (AvgIpc) is 2.86. The quantitative estimate of drug-likeness (QED) is 0.885. The lowest BCUT2D eigenvalue weighted by Crippen LogP contribution is -2.31. The van der Waals surface area contributed by atoms with E-state index in [0.29, 0.717) is 6.54 Å². The first-order valence-corrected chi connectivity index (χ1v) is 7.20. The summed E-state index contributed by atoms with van der Waals surface area (Å²) in [6.45, 7) is 4.52. The van der Waals surface area contributed by atoms with Gasteiger partial charge in [-0.3, -0.25) is 0 Å². The summed E-state index contributed by atoms with van der Waals surface area (Å²) in [5, 5.41) is 2.97. The Morgan fingerprint density at radius 3 is 2.81 bits per heavy atom. The summed E-state index contributed by atoms with van der Waals surface area (Å²) in [4.78, 5) is 21.2. The number of carbonyl (C=O) groups excluding carboxylic acids is 1. The van der Waals surface area contributed by atoms with Crippen molar-refractivity contribution >= 4 is 11.7 Å². The fourth-order valence-electron chi connectivity index (χ4n) is 2.18. The number of imidazole rings is 1. The lowest BCUT2D eigenvalue weighted by atomic mass is 10.1. The van der Waals surface area contributed by atoms with E-state index >= 15 is 0 Å². The second-order valence-corrected chi connectivity index (χ2v) is 5.21. The van der Waals surface area contributed by atoms with Gasteiger partial charge in [0, 0.05) is 24.6 Å². The van der Waals surface area contributed by atoms with Gasteiger partial charge in [-0.05, 0) is 25.0 Å². The van der Waals surface area contributed by atoms with Crippen LogP contribution in [0.1, 0.15) is 30.4 Å². The molecule has 2 amide bonds. The monoisotopic (exact) mass is 286 g/mol. The number of amides is 2. The first-order chi connectivity index (χ1) is 10.1. The van der Waals surface area contributed by atoms with Crippen LogP contribution < -0.4 is 5.32 Å². The van der Waals surface area contributed by atoms with Crippen LogP contribution in [0, 0.1) is 6.92 Å². The number of hydrogen-bond acceptors (Lipinski definition) is 2. The number of rotatable bonds is 5. The van der Waals surface area contributed by atoms with Gasteiger partial charge in [0.05, 0.1) is 6.54 Å². The highest BCUT2D eigenvalue weighted by Gasteiger charge is 2.12. The molecule has 0 bridgehead atoms. The van der Waals surface area contributed by atoms with Crippen molar-refractivity contribution in [3.8, 4) is 0 Å². The van der Waals surface area contributed by atoms with Crippen LogP contribution in [-0.2, 0) is 13.0 Å². The van der Waals surface area contributed by atoms with Gasteiger partial charge in [0.1, 0.15) is 5.82 Å². The highest BCUT2D eigenvalue weighted by Crippen LogP contribution is 2.17. The van der Waals surface area contributed by atoms with Crippen molar-refractivity contribution in [2.75, 3.05) is 12.4 Å². The highest BCUT2D eigenvalue weighted by atomic mass is 16.2. The van der Waals surface area contributed by atoms with E-state index < -0.39 is 0 Å². The fourth-order valence-corrected chi connectivity index (χ4v) is 2.18. The second-order valence-electron chi connectivity index (χ2n) is 5.21. The van der Waals surface area contributed by atoms with E-state index in [2.05, 4.69) is 28.3 Å². The SMILES string of the molecule is CCCc1ccccc1NC(=O)N(C)Cc1ncc(C)[nH]1. The Bertz CT molecular complexity index is 606. The Hall–Kier alpha value is -2.30. The van der Waals surface area contributed by atoms with Gasteiger partial charge in [-0.2, -0.15) is 0 Å². The number of nitrogens with zero attached hydrogens (tertiary/aromatic N) is 2. The molecule has 0 aliphatic heterocycles. The number of aromatic nitrogens is 2. The molecule has 0 radical (unpaired) electrons. The number of anilines is 1. The van der Waals surface area contributed by atoms with Crippen molar-refractivity contribution in [3.05, 3.63) is 47.5 Å². The normalized spacial score (nSPS) is 10.4. The molecule has 0 fully saturated rings. The third kappa shape index (κ3) is 4.08. The van der Waals surface area contributed by atoms with Gasteiger partial charge >= 0.3 is 6.03 Å². The molecule has 5 heteroatoms. The van der Waals surface area contributed by atoms with E-state index in [-0.39, 0.29) is 6.03 Å². The molecule has 2 aromatic rings. The van der Waals surface area contributed by atoms with Crippen molar-refractivity contribution in [3.63, 3.8) is 0 Å². The number of benzene rings is 1. The minimum atomic E-state index is -0.132. The maximum Gasteiger partial charge on any atom is 0.321 e. The topological polar surface area (TPSA) is 61.0 Å². The molecule has 112 valence electrons. The Morgan fingerprint density at radius 1 is 1.38 bits per heavy atom. The molecule has 0 unspecified atom stereocenters. The number of urea groups is 1. The predicted octanol–water partition coefficient (Wildman–Crippen LogP) is 3.33. The molecule has 1 aromatic heterocycles. The first kappa shape index (κ1) is 15.1. The van der Waals surface area contributed by atoms with E-state index in [9.17, 15) is 4.79 Å². The van der Waals surface area contributed by atoms with Gasteiger partial charge in [-0.1, -0.05) is 31.5 Å². The van der Waals surface area contributed by atoms with Crippen LogP contribution in [0.2, 0.25) is 0 Å². The number of aromatic amines is 1. The summed E-state index contributed by atoms with van der Waals surface area (Å²) in [5.74, 6) is 0.784. The van der Waals surface area contributed by atoms with Gasteiger partial charge in [0.25, 0.3) is 0 Å². The van der Waals surface area contributed by atoms with Crippen molar-refractivity contribution in [1.82, 2.24) is 14.9 Å². The molecule has 5 nitrogen and oxygen atoms in total. The zero-order chi connectivity index (χ0) is 15.2. The first-order valence-electron chi connectivity index (χ1n) is 7.20. The second kappa shape index (κ2) is 6.92. The molecule has 0 saturated heterocycles. The van der Waals surface area contributed by atoms with Crippen molar-refractivity contribution in [2.24, 2.45) is 0 Å². The Morgan fingerprint density at radius 2 is 2.14 bits per heavy atom. The summed E-state index contributed by atoms with van der Waals surface area (Å²) in [6.07, 6.45) is 3.77. The van der Waals surface area contributed by atoms with Gasteiger partial charge in [-0.25, -0.2) is 9.78 Å². The summed E-state index contributed by atoms with van der Waals surface area (Å²) in [6, 6.07) is 7.79. The van der Waals surface area contributed by atoms with E-state index in [4.69, 9.17) is 0 Å². The van der Waals surface area contributed by atoms with Crippen LogP contribution in [0.25, 0.3) is 0 Å². The number of hydrogen-bond donors (Lipinski definition) is 2. The number of carbonyl (C=O) groups is 1. The zero-order valence-electron chi connectivity index (χ0n) is 12.8. The van der Waals surface area contributed by atoms with Gasteiger partial charge in [0.2, 0.25) is 0 Å². The maximum atomic E-state index is 12.3. The van der Waals surface area contributed by atoms with Crippen LogP contribution in [0.4, 0.5) is 10.5 Å². The third-order valence-electron chi connectivity index (χ3n) is 3.27. The molecule has 1 aromatic carbocycles. The van der Waals surface area contributed by atoms with E-state index in [1.165, 1.54) is 0 Å². The lowest BCUT2D eigenvalue weighted by Gasteiger charge is -2.18. The molecule has 0 aliphatic carbocycles. The van der Waals surface area contributed by atoms with Gasteiger partial charge < -0.3 is 15.2 Å². The van der Waals surface area contributed by atoms with Crippen LogP contribution in [0.3, 0.4) is 0 Å². The molecule has 21 heavy (non-hydrogen) atoms. The molecule has 2 rings (SSSR count). The van der Waals surface area contributed by atoms with Crippen LogP contribution in [0.15, 0.2) is 30.5 Å². The van der Waals surface area contributed by atoms with Gasteiger partial charge in [0.15, 0.2) is 0 Å². The number of aryl methyl sites for hydroxylation is 2. The Kier molecular flexibility index (Phi) is 4.98. The molecule has 0 atom stereocenters. The largest absolute Gasteiger partial charge is 0.345 e. The molecular formula is C16H22N4O. The molecule has 0 aliphatic rings. The number of H-pyrrole nitrogens is 1. The molecule has 2 N–H and O–H groups in total. The van der Waals surface area contributed by atoms with Crippen molar-refractivity contribution < 1.29 is 4.79 Å². The van der Waals surface area contributed by atoms with Gasteiger partial charge in [-0.15, -0.1) is 0 Å². The Balaban J connectivity index is 2.00. The minimum Gasteiger partial charge on any atom is -0.345 e. The summed E-state index contributed by atoms with van der Waals surface area (Å²) in [5.41, 5.74) is 3.04. The molecule has 1 heterocycles. The lowest BCUT2D eigenvalue weighted by molar-refractivity contribution is 0.219. The summed E-state index contributed by atoms with van der Waals surface area (Å²) < 4.78 is 0. The maximum absolute atomic E-state index is 12.3. The molecule has 0 spiro atoms. The van der Waals surface area contributed by atoms with Crippen molar-refractivity contribution in [1.29, 1.82) is 0 Å². The van der Waals surface area contributed by atoms with Crippen LogP contribution in [-0.4, -0.2) is 27.9 Å². The van der Waals surface area contributed by atoms with Crippen LogP contribution >= 0.6 is 0 Å². The predicted molar refractivity (Wildman–Crippen MR) is 84.2 cm³/mol. The molecule has 0 saturated carbocycles. The highest BCUT2D eigenvalue weighted by molar-refractivity contribution is 5.89. The Labute approximate surface area is 125 Å². The molecular weight excluding hydrogens is 264 g/mol. The zero-order valence-corrected chi connectivity index (χ0v) is 12.8. The van der Waals surface area contributed by atoms with Crippen molar-refractivity contribution in [2.45, 2.75) is 33.2 Å². The van der Waals surface area contributed by atoms with E-state index in [0.717, 1.165) is 35.6 Å². The summed E-state index contributed by atoms with van der Waals surface area (Å²) >= 11 is 0. The number of para-hydroxylation sites is 1.